The maximum atomic E-state index is 12.0. The Kier molecular flexibility index (Phi) is 3.93. The van der Waals surface area contributed by atoms with E-state index in [2.05, 4.69) is 23.7 Å². The van der Waals surface area contributed by atoms with Crippen LogP contribution in [0.2, 0.25) is 0 Å². The molecule has 1 aromatic rings. The number of carbonyl (C=O) groups excluding carboxylic acids is 1. The van der Waals surface area contributed by atoms with Crippen molar-refractivity contribution >= 4 is 17.5 Å². The summed E-state index contributed by atoms with van der Waals surface area (Å²) in [6, 6.07) is 2.02. The van der Waals surface area contributed by atoms with Gasteiger partial charge >= 0.3 is 5.97 Å². The van der Waals surface area contributed by atoms with Gasteiger partial charge in [0.2, 0.25) is 0 Å². The molecule has 0 aromatic carbocycles. The number of hydrogen-bond donors (Lipinski definition) is 1. The number of anilines is 2. The largest absolute Gasteiger partial charge is 0.462 e. The highest BCUT2D eigenvalue weighted by atomic mass is 16.5. The first kappa shape index (κ1) is 13.6. The smallest absolute Gasteiger partial charge is 0.341 e. The van der Waals surface area contributed by atoms with E-state index in [1.807, 2.05) is 0 Å². The molecule has 2 heterocycles. The van der Waals surface area contributed by atoms with Gasteiger partial charge < -0.3 is 15.4 Å². The van der Waals surface area contributed by atoms with Gasteiger partial charge in [-0.15, -0.1) is 0 Å². The number of carbonyl (C=O) groups is 1. The maximum absolute atomic E-state index is 12.0. The van der Waals surface area contributed by atoms with E-state index in [0.717, 1.165) is 13.0 Å². The summed E-state index contributed by atoms with van der Waals surface area (Å²) in [5, 5.41) is 0. The van der Waals surface area contributed by atoms with E-state index in [1.54, 1.807) is 19.2 Å². The van der Waals surface area contributed by atoms with Crippen LogP contribution in [-0.4, -0.2) is 30.1 Å². The second-order valence-electron chi connectivity index (χ2n) is 5.20. The van der Waals surface area contributed by atoms with E-state index in [0.29, 0.717) is 35.6 Å². The zero-order valence-corrected chi connectivity index (χ0v) is 11.7. The normalized spacial score (nSPS) is 22.6. The number of pyridine rings is 1. The number of nitrogen functional groups attached to an aromatic ring is 1. The molecule has 0 saturated carbocycles. The van der Waals surface area contributed by atoms with Gasteiger partial charge in [-0.05, 0) is 32.3 Å². The lowest BCUT2D eigenvalue weighted by atomic mass is 10.1. The Morgan fingerprint density at radius 2 is 2.32 bits per heavy atom. The van der Waals surface area contributed by atoms with Gasteiger partial charge in [0.1, 0.15) is 11.4 Å². The summed E-state index contributed by atoms with van der Waals surface area (Å²) >= 11 is 0. The highest BCUT2D eigenvalue weighted by Gasteiger charge is 2.30. The van der Waals surface area contributed by atoms with Gasteiger partial charge in [-0.1, -0.05) is 6.92 Å². The number of nitrogens with two attached hydrogens (primary N) is 1. The summed E-state index contributed by atoms with van der Waals surface area (Å²) in [6.07, 6.45) is 2.70. The third-order valence-corrected chi connectivity index (χ3v) is 3.44. The molecule has 19 heavy (non-hydrogen) atoms. The number of rotatable bonds is 3. The molecule has 0 bridgehead atoms. The summed E-state index contributed by atoms with van der Waals surface area (Å²) in [4.78, 5) is 18.5. The van der Waals surface area contributed by atoms with Gasteiger partial charge in [0.15, 0.2) is 0 Å². The molecule has 2 unspecified atom stereocenters. The summed E-state index contributed by atoms with van der Waals surface area (Å²) < 4.78 is 5.08. The molecule has 5 heteroatoms. The monoisotopic (exact) mass is 263 g/mol. The summed E-state index contributed by atoms with van der Waals surface area (Å²) in [7, 11) is 0. The van der Waals surface area contributed by atoms with E-state index in [1.165, 1.54) is 0 Å². The second-order valence-corrected chi connectivity index (χ2v) is 5.20. The molecular weight excluding hydrogens is 242 g/mol. The third-order valence-electron chi connectivity index (χ3n) is 3.44. The van der Waals surface area contributed by atoms with Crippen LogP contribution < -0.4 is 10.6 Å². The zero-order valence-electron chi connectivity index (χ0n) is 11.7. The maximum Gasteiger partial charge on any atom is 0.341 e. The third kappa shape index (κ3) is 2.80. The highest BCUT2D eigenvalue weighted by molar-refractivity contribution is 5.95. The first-order valence-corrected chi connectivity index (χ1v) is 6.72. The van der Waals surface area contributed by atoms with E-state index < -0.39 is 0 Å². The standard InChI is InChI=1S/C14H21N3O2/c1-4-19-14(18)12-6-11(15)7-16-13(12)17-8-9(2)5-10(17)3/h6-7,9-10H,4-5,8,15H2,1-3H3. The van der Waals surface area contributed by atoms with Crippen molar-refractivity contribution in [3.63, 3.8) is 0 Å². The first-order valence-electron chi connectivity index (χ1n) is 6.72. The van der Waals surface area contributed by atoms with Crippen molar-refractivity contribution in [2.45, 2.75) is 33.2 Å². The predicted molar refractivity (Wildman–Crippen MR) is 75.2 cm³/mol. The fourth-order valence-electron chi connectivity index (χ4n) is 2.66. The fraction of sp³-hybridized carbons (Fsp3) is 0.571. The summed E-state index contributed by atoms with van der Waals surface area (Å²) in [5.41, 5.74) is 6.67. The molecule has 0 spiro atoms. The van der Waals surface area contributed by atoms with Crippen LogP contribution in [0.1, 0.15) is 37.6 Å². The Balaban J connectivity index is 2.37. The Morgan fingerprint density at radius 1 is 1.58 bits per heavy atom. The Morgan fingerprint density at radius 3 is 2.89 bits per heavy atom. The zero-order chi connectivity index (χ0) is 14.0. The number of ether oxygens (including phenoxy) is 1. The van der Waals surface area contributed by atoms with Crippen LogP contribution in [0.25, 0.3) is 0 Å². The Bertz CT molecular complexity index is 476. The predicted octanol–water partition coefficient (Wildman–Crippen LogP) is 2.08. The van der Waals surface area contributed by atoms with Crippen LogP contribution in [-0.2, 0) is 4.74 Å². The Hall–Kier alpha value is -1.78. The number of hydrogen-bond acceptors (Lipinski definition) is 5. The van der Waals surface area contributed by atoms with Gasteiger partial charge in [0, 0.05) is 12.6 Å². The van der Waals surface area contributed by atoms with Crippen LogP contribution in [0, 0.1) is 5.92 Å². The van der Waals surface area contributed by atoms with Crippen LogP contribution in [0.5, 0.6) is 0 Å². The van der Waals surface area contributed by atoms with E-state index in [4.69, 9.17) is 10.5 Å². The molecule has 1 aromatic heterocycles. The second kappa shape index (κ2) is 5.47. The molecule has 1 fully saturated rings. The fourth-order valence-corrected chi connectivity index (χ4v) is 2.66. The van der Waals surface area contributed by atoms with Crippen molar-refractivity contribution in [2.24, 2.45) is 5.92 Å². The molecule has 0 radical (unpaired) electrons. The summed E-state index contributed by atoms with van der Waals surface area (Å²) in [5.74, 6) is 0.929. The first-order chi connectivity index (χ1) is 9.02. The minimum atomic E-state index is -0.357. The molecular formula is C14H21N3O2. The minimum Gasteiger partial charge on any atom is -0.462 e. The van der Waals surface area contributed by atoms with Crippen LogP contribution in [0.4, 0.5) is 11.5 Å². The molecule has 0 aliphatic carbocycles. The van der Waals surface area contributed by atoms with Crippen molar-refractivity contribution in [3.8, 4) is 0 Å². The lowest BCUT2D eigenvalue weighted by Gasteiger charge is -2.24. The van der Waals surface area contributed by atoms with Crippen molar-refractivity contribution in [3.05, 3.63) is 17.8 Å². The quantitative estimate of drug-likeness (QED) is 0.845. The van der Waals surface area contributed by atoms with Gasteiger partial charge in [0.25, 0.3) is 0 Å². The van der Waals surface area contributed by atoms with Crippen molar-refractivity contribution in [2.75, 3.05) is 23.8 Å². The topological polar surface area (TPSA) is 68.5 Å². The van der Waals surface area contributed by atoms with Crippen molar-refractivity contribution < 1.29 is 9.53 Å². The molecule has 5 nitrogen and oxygen atoms in total. The van der Waals surface area contributed by atoms with Crippen molar-refractivity contribution in [1.29, 1.82) is 0 Å². The van der Waals surface area contributed by atoms with E-state index in [9.17, 15) is 4.79 Å². The summed E-state index contributed by atoms with van der Waals surface area (Å²) in [6.45, 7) is 7.40. The SMILES string of the molecule is CCOC(=O)c1cc(N)cnc1N1CC(C)CC1C. The molecule has 1 saturated heterocycles. The molecule has 0 amide bonds. The lowest BCUT2D eigenvalue weighted by molar-refractivity contribution is 0.0526. The van der Waals surface area contributed by atoms with E-state index in [-0.39, 0.29) is 5.97 Å². The minimum absolute atomic E-state index is 0.346. The van der Waals surface area contributed by atoms with Gasteiger partial charge in [-0.2, -0.15) is 0 Å². The Labute approximate surface area is 113 Å². The average Bonchev–Trinajstić information content (AvgIpc) is 2.68. The van der Waals surface area contributed by atoms with Gasteiger partial charge in [0.05, 0.1) is 18.5 Å². The molecule has 1 aliphatic heterocycles. The molecule has 1 aliphatic rings. The molecule has 2 rings (SSSR count). The number of aromatic nitrogens is 1. The molecule has 2 atom stereocenters. The number of esters is 1. The highest BCUT2D eigenvalue weighted by Crippen LogP contribution is 2.30. The van der Waals surface area contributed by atoms with Crippen LogP contribution >= 0.6 is 0 Å². The average molecular weight is 263 g/mol. The van der Waals surface area contributed by atoms with Gasteiger partial charge in [-0.3, -0.25) is 0 Å². The number of nitrogens with zero attached hydrogens (tertiary/aromatic N) is 2. The van der Waals surface area contributed by atoms with Gasteiger partial charge in [-0.25, -0.2) is 9.78 Å². The van der Waals surface area contributed by atoms with Crippen LogP contribution in [0.15, 0.2) is 12.3 Å². The van der Waals surface area contributed by atoms with Crippen LogP contribution in [0.3, 0.4) is 0 Å². The van der Waals surface area contributed by atoms with E-state index >= 15 is 0 Å². The van der Waals surface area contributed by atoms with Crippen molar-refractivity contribution in [1.82, 2.24) is 4.98 Å². The molecule has 2 N–H and O–H groups in total. The molecule has 104 valence electrons. The lowest BCUT2D eigenvalue weighted by Crippen LogP contribution is -2.29.